The van der Waals surface area contributed by atoms with Crippen molar-refractivity contribution in [1.29, 1.82) is 0 Å². The Labute approximate surface area is 95.8 Å². The Morgan fingerprint density at radius 2 is 1.93 bits per heavy atom. The maximum atomic E-state index is 6.14. The molecule has 1 aliphatic carbocycles. The van der Waals surface area contributed by atoms with Crippen LogP contribution < -0.4 is 0 Å². The molecule has 0 atom stereocenters. The molecule has 0 saturated heterocycles. The van der Waals surface area contributed by atoms with Gasteiger partial charge in [-0.1, -0.05) is 26.2 Å². The lowest BCUT2D eigenvalue weighted by Crippen LogP contribution is -2.34. The highest BCUT2D eigenvalue weighted by Crippen LogP contribution is 2.37. The van der Waals surface area contributed by atoms with Gasteiger partial charge in [0.05, 0.1) is 0 Å². The summed E-state index contributed by atoms with van der Waals surface area (Å²) in [7, 11) is 0. The van der Waals surface area contributed by atoms with E-state index in [1.807, 2.05) is 0 Å². The quantitative estimate of drug-likeness (QED) is 0.777. The maximum Gasteiger partial charge on any atom is 0.225 e. The Balaban J connectivity index is 2.37. The molecule has 1 saturated carbocycles. The van der Waals surface area contributed by atoms with E-state index in [2.05, 4.69) is 28.6 Å². The first-order chi connectivity index (χ1) is 7.17. The highest BCUT2D eigenvalue weighted by Gasteiger charge is 2.32. The van der Waals surface area contributed by atoms with Gasteiger partial charge in [-0.2, -0.15) is 0 Å². The van der Waals surface area contributed by atoms with Crippen molar-refractivity contribution in [2.45, 2.75) is 57.9 Å². The minimum absolute atomic E-state index is 0.143. The van der Waals surface area contributed by atoms with Crippen LogP contribution in [0, 0.1) is 0 Å². The lowest BCUT2D eigenvalue weighted by Gasteiger charge is -2.36. The first-order valence-corrected chi connectivity index (χ1v) is 6.15. The number of hydrogen-bond donors (Lipinski definition) is 0. The van der Waals surface area contributed by atoms with Crippen LogP contribution in [0.3, 0.4) is 0 Å². The van der Waals surface area contributed by atoms with E-state index in [1.54, 1.807) is 0 Å². The number of rotatable bonds is 2. The Kier molecular flexibility index (Phi) is 3.01. The summed E-state index contributed by atoms with van der Waals surface area (Å²) in [5.41, 5.74) is 0.143. The molecule has 4 heteroatoms. The third-order valence-electron chi connectivity index (χ3n) is 3.48. The molecule has 0 unspecified atom stereocenters. The molecule has 84 valence electrons. The molecular weight excluding hydrogens is 210 g/mol. The van der Waals surface area contributed by atoms with Crippen LogP contribution in [-0.2, 0) is 12.0 Å². The van der Waals surface area contributed by atoms with Gasteiger partial charge in [0.1, 0.15) is 5.82 Å². The molecular formula is C11H18ClN3. The van der Waals surface area contributed by atoms with E-state index in [4.69, 9.17) is 11.6 Å². The van der Waals surface area contributed by atoms with Crippen molar-refractivity contribution in [3.63, 3.8) is 0 Å². The third kappa shape index (κ3) is 1.89. The first-order valence-electron chi connectivity index (χ1n) is 5.77. The Bertz CT molecular complexity index is 340. The highest BCUT2D eigenvalue weighted by atomic mass is 35.5. The normalized spacial score (nSPS) is 20.5. The molecule has 2 rings (SSSR count). The van der Waals surface area contributed by atoms with Crippen molar-refractivity contribution >= 4 is 11.6 Å². The summed E-state index contributed by atoms with van der Waals surface area (Å²) in [5, 5.41) is 8.67. The zero-order valence-corrected chi connectivity index (χ0v) is 10.2. The summed E-state index contributed by atoms with van der Waals surface area (Å²) in [5.74, 6) is 1.02. The van der Waals surface area contributed by atoms with Gasteiger partial charge >= 0.3 is 0 Å². The summed E-state index contributed by atoms with van der Waals surface area (Å²) in [6, 6.07) is 0. The number of aromatic nitrogens is 3. The van der Waals surface area contributed by atoms with Gasteiger partial charge < -0.3 is 0 Å². The minimum Gasteiger partial charge on any atom is -0.296 e. The van der Waals surface area contributed by atoms with Gasteiger partial charge in [0, 0.05) is 12.0 Å². The SMILES string of the molecule is CCc1nnc(Cl)n1C1(C)CCCCC1. The Morgan fingerprint density at radius 1 is 1.27 bits per heavy atom. The predicted octanol–water partition coefficient (Wildman–Crippen LogP) is 3.17. The number of aryl methyl sites for hydroxylation is 1. The molecule has 0 amide bonds. The Morgan fingerprint density at radius 3 is 2.53 bits per heavy atom. The second-order valence-electron chi connectivity index (χ2n) is 4.63. The van der Waals surface area contributed by atoms with Crippen LogP contribution in [0.4, 0.5) is 0 Å². The Hall–Kier alpha value is -0.570. The van der Waals surface area contributed by atoms with Crippen LogP contribution >= 0.6 is 11.6 Å². The van der Waals surface area contributed by atoms with Gasteiger partial charge in [-0.25, -0.2) is 0 Å². The molecule has 1 aromatic rings. The van der Waals surface area contributed by atoms with Crippen molar-refractivity contribution < 1.29 is 0 Å². The third-order valence-corrected chi connectivity index (χ3v) is 3.72. The smallest absolute Gasteiger partial charge is 0.225 e. The second kappa shape index (κ2) is 4.12. The van der Waals surface area contributed by atoms with E-state index >= 15 is 0 Å². The zero-order chi connectivity index (χ0) is 10.9. The lowest BCUT2D eigenvalue weighted by atomic mass is 9.83. The van der Waals surface area contributed by atoms with Crippen molar-refractivity contribution in [3.05, 3.63) is 11.1 Å². The molecule has 3 nitrogen and oxygen atoms in total. The van der Waals surface area contributed by atoms with Crippen LogP contribution in [0.25, 0.3) is 0 Å². The van der Waals surface area contributed by atoms with E-state index in [0.29, 0.717) is 5.28 Å². The fourth-order valence-electron chi connectivity index (χ4n) is 2.60. The standard InChI is InChI=1S/C11H18ClN3/c1-3-9-13-14-10(12)15(9)11(2)7-5-4-6-8-11/h3-8H2,1-2H3. The van der Waals surface area contributed by atoms with Gasteiger partial charge in [-0.05, 0) is 31.4 Å². The summed E-state index contributed by atoms with van der Waals surface area (Å²) in [6.45, 7) is 4.38. The average molecular weight is 228 g/mol. The van der Waals surface area contributed by atoms with Gasteiger partial charge in [0.15, 0.2) is 0 Å². The summed E-state index contributed by atoms with van der Waals surface area (Å²) >= 11 is 6.14. The molecule has 15 heavy (non-hydrogen) atoms. The minimum atomic E-state index is 0.143. The molecule has 0 N–H and O–H groups in total. The first kappa shape index (κ1) is 10.9. The molecule has 0 radical (unpaired) electrons. The van der Waals surface area contributed by atoms with E-state index < -0.39 is 0 Å². The fourth-order valence-corrected chi connectivity index (χ4v) is 2.93. The summed E-state index contributed by atoms with van der Waals surface area (Å²) < 4.78 is 2.15. The van der Waals surface area contributed by atoms with E-state index in [9.17, 15) is 0 Å². The van der Waals surface area contributed by atoms with Crippen LogP contribution in [0.5, 0.6) is 0 Å². The van der Waals surface area contributed by atoms with Crippen LogP contribution in [0.2, 0.25) is 5.28 Å². The van der Waals surface area contributed by atoms with Gasteiger partial charge in [-0.15, -0.1) is 10.2 Å². The lowest BCUT2D eigenvalue weighted by molar-refractivity contribution is 0.213. The number of hydrogen-bond acceptors (Lipinski definition) is 2. The molecule has 1 heterocycles. The molecule has 0 aliphatic heterocycles. The van der Waals surface area contributed by atoms with Crippen molar-refractivity contribution in [2.75, 3.05) is 0 Å². The van der Waals surface area contributed by atoms with Gasteiger partial charge in [-0.3, -0.25) is 4.57 Å². The number of nitrogens with zero attached hydrogens (tertiary/aromatic N) is 3. The molecule has 0 aromatic carbocycles. The molecule has 0 bridgehead atoms. The van der Waals surface area contributed by atoms with Gasteiger partial charge in [0.25, 0.3) is 0 Å². The van der Waals surface area contributed by atoms with Crippen LogP contribution in [-0.4, -0.2) is 14.8 Å². The molecule has 0 spiro atoms. The highest BCUT2D eigenvalue weighted by molar-refractivity contribution is 6.28. The van der Waals surface area contributed by atoms with Crippen molar-refractivity contribution in [1.82, 2.24) is 14.8 Å². The summed E-state index contributed by atoms with van der Waals surface area (Å²) in [6.07, 6.45) is 7.20. The average Bonchev–Trinajstić information content (AvgIpc) is 2.61. The second-order valence-corrected chi connectivity index (χ2v) is 4.97. The van der Waals surface area contributed by atoms with Gasteiger partial charge in [0.2, 0.25) is 5.28 Å². The van der Waals surface area contributed by atoms with Crippen LogP contribution in [0.1, 0.15) is 51.8 Å². The maximum absolute atomic E-state index is 6.14. The monoisotopic (exact) mass is 227 g/mol. The largest absolute Gasteiger partial charge is 0.296 e. The van der Waals surface area contributed by atoms with E-state index in [-0.39, 0.29) is 5.54 Å². The van der Waals surface area contributed by atoms with Crippen molar-refractivity contribution in [2.24, 2.45) is 0 Å². The zero-order valence-electron chi connectivity index (χ0n) is 9.46. The molecule has 1 aromatic heterocycles. The molecule has 1 aliphatic rings. The number of halogens is 1. The summed E-state index contributed by atoms with van der Waals surface area (Å²) in [4.78, 5) is 0. The fraction of sp³-hybridized carbons (Fsp3) is 0.818. The molecule has 1 fully saturated rings. The van der Waals surface area contributed by atoms with Crippen molar-refractivity contribution in [3.8, 4) is 0 Å². The van der Waals surface area contributed by atoms with E-state index in [0.717, 1.165) is 12.2 Å². The van der Waals surface area contributed by atoms with Crippen LogP contribution in [0.15, 0.2) is 0 Å². The van der Waals surface area contributed by atoms with E-state index in [1.165, 1.54) is 32.1 Å². The topological polar surface area (TPSA) is 30.7 Å². The predicted molar refractivity (Wildman–Crippen MR) is 61.1 cm³/mol.